The molecule has 0 radical (unpaired) electrons. The van der Waals surface area contributed by atoms with Gasteiger partial charge in [-0.25, -0.2) is 4.98 Å². The summed E-state index contributed by atoms with van der Waals surface area (Å²) in [6.45, 7) is 3.21. The van der Waals surface area contributed by atoms with Crippen LogP contribution in [0, 0.1) is 13.8 Å². The van der Waals surface area contributed by atoms with Crippen LogP contribution in [0.4, 0.5) is 19.0 Å². The summed E-state index contributed by atoms with van der Waals surface area (Å²) >= 11 is 0. The Morgan fingerprint density at radius 1 is 1.31 bits per heavy atom. The molecular formula is C8H9F3N2. The number of rotatable bonds is 0. The maximum absolute atomic E-state index is 12.2. The smallest absolute Gasteiger partial charge is 0.383 e. The molecule has 1 aromatic rings. The van der Waals surface area contributed by atoms with Gasteiger partial charge in [-0.05, 0) is 31.0 Å². The molecule has 0 aliphatic rings. The van der Waals surface area contributed by atoms with E-state index in [1.165, 1.54) is 0 Å². The predicted molar refractivity (Wildman–Crippen MR) is 43.1 cm³/mol. The van der Waals surface area contributed by atoms with E-state index in [0.29, 0.717) is 11.1 Å². The predicted octanol–water partition coefficient (Wildman–Crippen LogP) is 2.30. The highest BCUT2D eigenvalue weighted by atomic mass is 19.4. The molecule has 0 spiro atoms. The highest BCUT2D eigenvalue weighted by Crippen LogP contribution is 2.29. The second kappa shape index (κ2) is 2.90. The lowest BCUT2D eigenvalue weighted by Gasteiger charge is -2.09. The van der Waals surface area contributed by atoms with Crippen LogP contribution >= 0.6 is 0 Å². The van der Waals surface area contributed by atoms with Crippen LogP contribution in [0.2, 0.25) is 0 Å². The molecule has 0 aliphatic carbocycles. The summed E-state index contributed by atoms with van der Waals surface area (Å²) in [6.07, 6.45) is -4.42. The molecule has 72 valence electrons. The minimum atomic E-state index is -4.42. The monoisotopic (exact) mass is 190 g/mol. The highest BCUT2D eigenvalue weighted by molar-refractivity contribution is 5.44. The van der Waals surface area contributed by atoms with E-state index in [9.17, 15) is 13.2 Å². The van der Waals surface area contributed by atoms with Gasteiger partial charge in [-0.1, -0.05) is 0 Å². The fraction of sp³-hybridized carbons (Fsp3) is 0.375. The van der Waals surface area contributed by atoms with Crippen molar-refractivity contribution in [2.45, 2.75) is 20.0 Å². The second-order valence-corrected chi connectivity index (χ2v) is 2.83. The van der Waals surface area contributed by atoms with Crippen molar-refractivity contribution in [2.24, 2.45) is 0 Å². The first-order valence-corrected chi connectivity index (χ1v) is 3.63. The third-order valence-corrected chi connectivity index (χ3v) is 1.86. The van der Waals surface area contributed by atoms with E-state index in [1.807, 2.05) is 0 Å². The molecule has 1 aromatic heterocycles. The molecule has 0 unspecified atom stereocenters. The van der Waals surface area contributed by atoms with Crippen LogP contribution < -0.4 is 5.73 Å². The number of nitrogens with zero attached hydrogens (tertiary/aromatic N) is 1. The van der Waals surface area contributed by atoms with E-state index < -0.39 is 11.9 Å². The number of pyridine rings is 1. The largest absolute Gasteiger partial charge is 0.433 e. The Hall–Kier alpha value is -1.26. The first-order valence-electron chi connectivity index (χ1n) is 3.63. The molecule has 0 aromatic carbocycles. The average Bonchev–Trinajstić information content (AvgIpc) is 1.97. The fourth-order valence-corrected chi connectivity index (χ4v) is 0.906. The zero-order chi connectivity index (χ0) is 10.2. The molecule has 2 nitrogen and oxygen atoms in total. The van der Waals surface area contributed by atoms with Crippen LogP contribution in [0.1, 0.15) is 16.8 Å². The molecule has 0 saturated carbocycles. The quantitative estimate of drug-likeness (QED) is 0.681. The summed E-state index contributed by atoms with van der Waals surface area (Å²) in [7, 11) is 0. The number of halogens is 3. The standard InChI is InChI=1S/C8H9F3N2/c1-4-3-6(8(9,10)11)13-7(12)5(4)2/h3H,1-2H3,(H2,12,13). The number of hydrogen-bond acceptors (Lipinski definition) is 2. The van der Waals surface area contributed by atoms with Crippen molar-refractivity contribution in [3.63, 3.8) is 0 Å². The van der Waals surface area contributed by atoms with Gasteiger partial charge in [0.15, 0.2) is 0 Å². The molecule has 0 bridgehead atoms. The molecular weight excluding hydrogens is 181 g/mol. The minimum absolute atomic E-state index is 0.0627. The van der Waals surface area contributed by atoms with Gasteiger partial charge in [0.05, 0.1) is 0 Å². The summed E-state index contributed by atoms with van der Waals surface area (Å²) in [6, 6.07) is 0.992. The lowest BCUT2D eigenvalue weighted by molar-refractivity contribution is -0.141. The van der Waals surface area contributed by atoms with Crippen LogP contribution in [0.25, 0.3) is 0 Å². The average molecular weight is 190 g/mol. The molecule has 0 aliphatic heterocycles. The topological polar surface area (TPSA) is 38.9 Å². The maximum atomic E-state index is 12.2. The van der Waals surface area contributed by atoms with Crippen molar-refractivity contribution in [2.75, 3.05) is 5.73 Å². The number of nitrogens with two attached hydrogens (primary N) is 1. The van der Waals surface area contributed by atoms with E-state index in [4.69, 9.17) is 5.73 Å². The van der Waals surface area contributed by atoms with Gasteiger partial charge in [0.1, 0.15) is 11.5 Å². The van der Waals surface area contributed by atoms with Gasteiger partial charge < -0.3 is 5.73 Å². The summed E-state index contributed by atoms with van der Waals surface area (Å²) in [5, 5.41) is 0. The molecule has 0 amide bonds. The van der Waals surface area contributed by atoms with Crippen LogP contribution in [-0.4, -0.2) is 4.98 Å². The Bertz CT molecular complexity index is 308. The fourth-order valence-electron chi connectivity index (χ4n) is 0.906. The van der Waals surface area contributed by atoms with E-state index in [2.05, 4.69) is 4.98 Å². The first-order chi connectivity index (χ1) is 5.82. The van der Waals surface area contributed by atoms with Crippen molar-refractivity contribution < 1.29 is 13.2 Å². The molecule has 0 atom stereocenters. The number of aromatic nitrogens is 1. The molecule has 1 heterocycles. The summed E-state index contributed by atoms with van der Waals surface area (Å²) < 4.78 is 36.5. The van der Waals surface area contributed by atoms with Crippen molar-refractivity contribution in [3.8, 4) is 0 Å². The Balaban J connectivity index is 3.29. The van der Waals surface area contributed by atoms with Gasteiger partial charge in [-0.15, -0.1) is 0 Å². The number of aryl methyl sites for hydroxylation is 1. The molecule has 5 heteroatoms. The summed E-state index contributed by atoms with van der Waals surface area (Å²) in [5.41, 5.74) is 5.46. The third kappa shape index (κ3) is 1.91. The summed E-state index contributed by atoms with van der Waals surface area (Å²) in [4.78, 5) is 3.26. The SMILES string of the molecule is Cc1cc(C(F)(F)F)nc(N)c1C. The Labute approximate surface area is 73.6 Å². The van der Waals surface area contributed by atoms with Crippen molar-refractivity contribution in [1.82, 2.24) is 4.98 Å². The van der Waals surface area contributed by atoms with E-state index in [0.717, 1.165) is 6.07 Å². The van der Waals surface area contributed by atoms with Gasteiger partial charge >= 0.3 is 6.18 Å². The van der Waals surface area contributed by atoms with Gasteiger partial charge in [0.2, 0.25) is 0 Å². The number of nitrogen functional groups attached to an aromatic ring is 1. The van der Waals surface area contributed by atoms with Gasteiger partial charge in [0, 0.05) is 0 Å². The van der Waals surface area contributed by atoms with Crippen LogP contribution in [-0.2, 0) is 6.18 Å². The molecule has 0 fully saturated rings. The Kier molecular flexibility index (Phi) is 2.19. The minimum Gasteiger partial charge on any atom is -0.383 e. The van der Waals surface area contributed by atoms with Crippen molar-refractivity contribution >= 4 is 5.82 Å². The normalized spacial score (nSPS) is 11.8. The van der Waals surface area contributed by atoms with Crippen molar-refractivity contribution in [1.29, 1.82) is 0 Å². The van der Waals surface area contributed by atoms with E-state index >= 15 is 0 Å². The van der Waals surface area contributed by atoms with Gasteiger partial charge in [-0.2, -0.15) is 13.2 Å². The Morgan fingerprint density at radius 2 is 1.85 bits per heavy atom. The second-order valence-electron chi connectivity index (χ2n) is 2.83. The highest BCUT2D eigenvalue weighted by Gasteiger charge is 2.33. The van der Waals surface area contributed by atoms with Crippen LogP contribution in [0.15, 0.2) is 6.07 Å². The summed E-state index contributed by atoms with van der Waals surface area (Å²) in [5.74, 6) is -0.0627. The number of alkyl halides is 3. The zero-order valence-electron chi connectivity index (χ0n) is 7.24. The number of anilines is 1. The van der Waals surface area contributed by atoms with E-state index in [1.54, 1.807) is 13.8 Å². The molecule has 1 rings (SSSR count). The van der Waals surface area contributed by atoms with E-state index in [-0.39, 0.29) is 5.82 Å². The Morgan fingerprint density at radius 3 is 2.23 bits per heavy atom. The lowest BCUT2D eigenvalue weighted by atomic mass is 10.1. The van der Waals surface area contributed by atoms with Crippen molar-refractivity contribution in [3.05, 3.63) is 22.9 Å². The zero-order valence-corrected chi connectivity index (χ0v) is 7.24. The van der Waals surface area contributed by atoms with Gasteiger partial charge in [-0.3, -0.25) is 0 Å². The van der Waals surface area contributed by atoms with Crippen LogP contribution in [0.3, 0.4) is 0 Å². The molecule has 13 heavy (non-hydrogen) atoms. The maximum Gasteiger partial charge on any atom is 0.433 e. The number of hydrogen-bond donors (Lipinski definition) is 1. The third-order valence-electron chi connectivity index (χ3n) is 1.86. The first kappa shape index (κ1) is 9.83. The lowest BCUT2D eigenvalue weighted by Crippen LogP contribution is -2.11. The van der Waals surface area contributed by atoms with Crippen LogP contribution in [0.5, 0.6) is 0 Å². The van der Waals surface area contributed by atoms with Gasteiger partial charge in [0.25, 0.3) is 0 Å². The molecule has 0 saturated heterocycles. The molecule has 2 N–H and O–H groups in total.